The fraction of sp³-hybridized carbons (Fsp3) is 0.394. The number of hydrogen-bond donors (Lipinski definition) is 1. The largest absolute Gasteiger partial charge is 0.497 e. The first-order valence-corrected chi connectivity index (χ1v) is 15.9. The zero-order valence-electron chi connectivity index (χ0n) is 24.9. The van der Waals surface area contributed by atoms with E-state index in [-0.39, 0.29) is 23.4 Å². The highest BCUT2D eigenvalue weighted by Gasteiger charge is 2.33. The van der Waals surface area contributed by atoms with Crippen LogP contribution in [0.15, 0.2) is 77.7 Å². The molecule has 0 heterocycles. The molecule has 0 saturated heterocycles. The van der Waals surface area contributed by atoms with E-state index in [1.54, 1.807) is 43.3 Å². The molecule has 42 heavy (non-hydrogen) atoms. The summed E-state index contributed by atoms with van der Waals surface area (Å²) in [7, 11) is -2.59. The highest BCUT2D eigenvalue weighted by molar-refractivity contribution is 7.92. The average molecular weight is 592 g/mol. The Hall–Kier alpha value is -3.85. The van der Waals surface area contributed by atoms with E-state index in [1.165, 1.54) is 24.1 Å². The lowest BCUT2D eigenvalue weighted by Crippen LogP contribution is -2.53. The molecule has 4 rings (SSSR count). The Morgan fingerprint density at radius 1 is 0.881 bits per heavy atom. The van der Waals surface area contributed by atoms with Crippen molar-refractivity contribution in [2.45, 2.75) is 76.4 Å². The monoisotopic (exact) mass is 591 g/mol. The predicted molar refractivity (Wildman–Crippen MR) is 165 cm³/mol. The lowest BCUT2D eigenvalue weighted by Gasteiger charge is -2.33. The van der Waals surface area contributed by atoms with Crippen LogP contribution in [0.25, 0.3) is 0 Å². The molecule has 0 aromatic heterocycles. The summed E-state index contributed by atoms with van der Waals surface area (Å²) in [5.41, 5.74) is 3.17. The molecule has 8 nitrogen and oxygen atoms in total. The number of carbonyl (C=O) groups excluding carboxylic acids is 2. The fourth-order valence-electron chi connectivity index (χ4n) is 5.16. The number of ether oxygens (including phenoxy) is 1. The van der Waals surface area contributed by atoms with Crippen LogP contribution in [0.1, 0.15) is 55.7 Å². The van der Waals surface area contributed by atoms with Crippen LogP contribution in [0, 0.1) is 13.8 Å². The maximum absolute atomic E-state index is 14.1. The van der Waals surface area contributed by atoms with Crippen molar-refractivity contribution >= 4 is 27.5 Å². The van der Waals surface area contributed by atoms with Crippen molar-refractivity contribution in [2.24, 2.45) is 0 Å². The van der Waals surface area contributed by atoms with Crippen molar-refractivity contribution in [3.8, 4) is 5.75 Å². The van der Waals surface area contributed by atoms with E-state index in [0.717, 1.165) is 53.1 Å². The minimum Gasteiger partial charge on any atom is -0.497 e. The summed E-state index contributed by atoms with van der Waals surface area (Å²) in [6, 6.07) is 20.1. The smallest absolute Gasteiger partial charge is 0.264 e. The van der Waals surface area contributed by atoms with Gasteiger partial charge >= 0.3 is 0 Å². The number of benzene rings is 3. The predicted octanol–water partition coefficient (Wildman–Crippen LogP) is 5.37. The summed E-state index contributed by atoms with van der Waals surface area (Å²) in [5.74, 6) is -0.153. The van der Waals surface area contributed by atoms with E-state index in [4.69, 9.17) is 4.74 Å². The Bertz CT molecular complexity index is 1450. The van der Waals surface area contributed by atoms with Gasteiger partial charge in [-0.15, -0.1) is 0 Å². The van der Waals surface area contributed by atoms with Gasteiger partial charge in [0.1, 0.15) is 18.3 Å². The molecular weight excluding hydrogens is 550 g/mol. The third-order valence-corrected chi connectivity index (χ3v) is 9.63. The molecule has 0 spiro atoms. The Morgan fingerprint density at radius 3 is 2.02 bits per heavy atom. The highest BCUT2D eigenvalue weighted by Crippen LogP contribution is 2.27. The molecule has 1 saturated carbocycles. The zero-order chi connectivity index (χ0) is 30.3. The van der Waals surface area contributed by atoms with E-state index in [1.807, 2.05) is 38.1 Å². The van der Waals surface area contributed by atoms with Gasteiger partial charge in [0.2, 0.25) is 11.8 Å². The number of carbonyl (C=O) groups is 2. The van der Waals surface area contributed by atoms with Crippen molar-refractivity contribution in [1.82, 2.24) is 10.2 Å². The number of hydrogen-bond acceptors (Lipinski definition) is 5. The van der Waals surface area contributed by atoms with E-state index in [0.29, 0.717) is 11.4 Å². The maximum Gasteiger partial charge on any atom is 0.264 e. The Balaban J connectivity index is 1.67. The van der Waals surface area contributed by atoms with Crippen LogP contribution in [-0.4, -0.2) is 50.9 Å². The Labute approximate surface area is 249 Å². The van der Waals surface area contributed by atoms with Crippen LogP contribution in [0.3, 0.4) is 0 Å². The molecule has 1 atom stereocenters. The van der Waals surface area contributed by atoms with Gasteiger partial charge in [0.25, 0.3) is 10.0 Å². The summed E-state index contributed by atoms with van der Waals surface area (Å²) < 4.78 is 34.3. The molecule has 3 aromatic carbocycles. The van der Waals surface area contributed by atoms with Gasteiger partial charge in [0.15, 0.2) is 0 Å². The quantitative estimate of drug-likeness (QED) is 0.323. The van der Waals surface area contributed by atoms with Gasteiger partial charge in [0.05, 0.1) is 17.7 Å². The standard InChI is InChI=1S/C33H41N3O5S/c1-24-10-14-27(15-11-24)22-35(26(3)33(38)34-28-8-6-5-7-9-28)32(37)23-36(29-16-18-30(41-4)19-17-29)42(39,40)31-20-12-25(2)13-21-31/h10-21,26,28H,5-9,22-23H2,1-4H3,(H,34,38)/t26-/m0/s1. The molecule has 0 unspecified atom stereocenters. The minimum atomic E-state index is -4.12. The normalized spacial score (nSPS) is 14.6. The lowest BCUT2D eigenvalue weighted by molar-refractivity contribution is -0.139. The van der Waals surface area contributed by atoms with Gasteiger partial charge in [-0.2, -0.15) is 0 Å². The number of sulfonamides is 1. The minimum absolute atomic E-state index is 0.0740. The lowest BCUT2D eigenvalue weighted by atomic mass is 9.95. The van der Waals surface area contributed by atoms with Crippen molar-refractivity contribution in [3.63, 3.8) is 0 Å². The number of nitrogens with one attached hydrogen (secondary N) is 1. The van der Waals surface area contributed by atoms with E-state index in [9.17, 15) is 18.0 Å². The molecule has 1 aliphatic rings. The van der Waals surface area contributed by atoms with Crippen molar-refractivity contribution in [3.05, 3.63) is 89.5 Å². The van der Waals surface area contributed by atoms with Crippen LogP contribution in [0.5, 0.6) is 5.75 Å². The van der Waals surface area contributed by atoms with Crippen molar-refractivity contribution < 1.29 is 22.7 Å². The molecule has 224 valence electrons. The van der Waals surface area contributed by atoms with Gasteiger partial charge in [0, 0.05) is 12.6 Å². The second-order valence-electron chi connectivity index (χ2n) is 11.0. The van der Waals surface area contributed by atoms with E-state index in [2.05, 4.69) is 5.32 Å². The second-order valence-corrected chi connectivity index (χ2v) is 12.9. The van der Waals surface area contributed by atoms with Crippen LogP contribution in [-0.2, 0) is 26.2 Å². The van der Waals surface area contributed by atoms with E-state index < -0.39 is 28.5 Å². The van der Waals surface area contributed by atoms with Gasteiger partial charge < -0.3 is 15.0 Å². The third-order valence-electron chi connectivity index (χ3n) is 7.84. The average Bonchev–Trinajstić information content (AvgIpc) is 3.00. The Kier molecular flexibility index (Phi) is 10.3. The first-order valence-electron chi connectivity index (χ1n) is 14.5. The number of anilines is 1. The van der Waals surface area contributed by atoms with Crippen molar-refractivity contribution in [2.75, 3.05) is 18.0 Å². The van der Waals surface area contributed by atoms with Crippen molar-refractivity contribution in [1.29, 1.82) is 0 Å². The summed E-state index contributed by atoms with van der Waals surface area (Å²) >= 11 is 0. The molecule has 2 amide bonds. The first kappa shape index (κ1) is 31.1. The molecule has 0 bridgehead atoms. The first-order chi connectivity index (χ1) is 20.1. The SMILES string of the molecule is COc1ccc(N(CC(=O)N(Cc2ccc(C)cc2)[C@@H](C)C(=O)NC2CCCCC2)S(=O)(=O)c2ccc(C)cc2)cc1. The number of aryl methyl sites for hydroxylation is 2. The van der Waals surface area contributed by atoms with E-state index >= 15 is 0 Å². The topological polar surface area (TPSA) is 96.0 Å². The van der Waals surface area contributed by atoms with Gasteiger partial charge in [-0.1, -0.05) is 66.8 Å². The fourth-order valence-corrected chi connectivity index (χ4v) is 6.57. The number of rotatable bonds is 11. The summed E-state index contributed by atoms with van der Waals surface area (Å²) in [6.45, 7) is 5.25. The van der Waals surface area contributed by atoms with Crippen LogP contribution < -0.4 is 14.4 Å². The van der Waals surface area contributed by atoms with Gasteiger partial charge in [-0.05, 0) is 75.6 Å². The molecule has 1 N–H and O–H groups in total. The molecule has 0 radical (unpaired) electrons. The Morgan fingerprint density at radius 2 is 1.45 bits per heavy atom. The molecule has 9 heteroatoms. The van der Waals surface area contributed by atoms with Crippen LogP contribution in [0.4, 0.5) is 5.69 Å². The highest BCUT2D eigenvalue weighted by atomic mass is 32.2. The maximum atomic E-state index is 14.1. The number of amides is 2. The van der Waals surface area contributed by atoms with Crippen LogP contribution in [0.2, 0.25) is 0 Å². The molecule has 0 aliphatic heterocycles. The third kappa shape index (κ3) is 7.70. The second kappa shape index (κ2) is 13.9. The molecule has 1 fully saturated rings. The summed E-state index contributed by atoms with van der Waals surface area (Å²) in [5, 5.41) is 3.13. The molecular formula is C33H41N3O5S. The summed E-state index contributed by atoms with van der Waals surface area (Å²) in [4.78, 5) is 29.1. The van der Waals surface area contributed by atoms with Gasteiger partial charge in [-0.3, -0.25) is 13.9 Å². The zero-order valence-corrected chi connectivity index (χ0v) is 25.7. The molecule has 1 aliphatic carbocycles. The number of methoxy groups -OCH3 is 1. The summed E-state index contributed by atoms with van der Waals surface area (Å²) in [6.07, 6.45) is 5.14. The van der Waals surface area contributed by atoms with Crippen LogP contribution >= 0.6 is 0 Å². The van der Waals surface area contributed by atoms with Gasteiger partial charge in [-0.25, -0.2) is 8.42 Å². The number of nitrogens with zero attached hydrogens (tertiary/aromatic N) is 2. The molecule has 3 aromatic rings.